The number of ketones is 1. The van der Waals surface area contributed by atoms with Crippen molar-refractivity contribution < 1.29 is 9.90 Å². The third-order valence-corrected chi connectivity index (χ3v) is 2.59. The predicted octanol–water partition coefficient (Wildman–Crippen LogP) is 1.92. The van der Waals surface area contributed by atoms with Crippen molar-refractivity contribution in [3.63, 3.8) is 0 Å². The molecule has 1 aromatic carbocycles. The van der Waals surface area contributed by atoms with Gasteiger partial charge >= 0.3 is 0 Å². The molecule has 2 rings (SSSR count). The van der Waals surface area contributed by atoms with Crippen LogP contribution in [0.25, 0.3) is 0 Å². The number of allylic oxidation sites excluding steroid dienone is 1. The molecule has 1 unspecified atom stereocenters. The predicted molar refractivity (Wildman–Crippen MR) is 54.3 cm³/mol. The molecule has 0 radical (unpaired) electrons. The molecule has 0 heterocycles. The molecule has 0 amide bonds. The van der Waals surface area contributed by atoms with Gasteiger partial charge in [0.2, 0.25) is 0 Å². The molecule has 0 saturated heterocycles. The maximum absolute atomic E-state index is 11.4. The van der Waals surface area contributed by atoms with Crippen molar-refractivity contribution >= 4 is 17.4 Å². The molecule has 0 bridgehead atoms. The zero-order valence-electron chi connectivity index (χ0n) is 7.35. The third kappa shape index (κ3) is 1.59. The maximum Gasteiger partial charge on any atom is 0.165 e. The zero-order chi connectivity index (χ0) is 10.1. The first-order valence-corrected chi connectivity index (χ1v) is 4.72. The van der Waals surface area contributed by atoms with Crippen LogP contribution in [0.15, 0.2) is 36.4 Å². The Labute approximate surface area is 86.8 Å². The molecular weight excluding hydrogens is 200 g/mol. The van der Waals surface area contributed by atoms with Gasteiger partial charge in [-0.15, -0.1) is 0 Å². The normalized spacial score (nSPS) is 25.7. The van der Waals surface area contributed by atoms with E-state index in [9.17, 15) is 9.90 Å². The summed E-state index contributed by atoms with van der Waals surface area (Å²) in [6.07, 6.45) is 2.23. The maximum atomic E-state index is 11.4. The highest BCUT2D eigenvalue weighted by Crippen LogP contribution is 2.27. The summed E-state index contributed by atoms with van der Waals surface area (Å²) in [6.45, 7) is 0. The van der Waals surface area contributed by atoms with E-state index < -0.39 is 12.0 Å². The van der Waals surface area contributed by atoms with E-state index in [1.54, 1.807) is 24.3 Å². The lowest BCUT2D eigenvalue weighted by molar-refractivity contribution is -0.116. The fraction of sp³-hybridized carbons (Fsp3) is 0.182. The zero-order valence-corrected chi connectivity index (χ0v) is 8.11. The lowest BCUT2D eigenvalue weighted by Crippen LogP contribution is -2.17. The average Bonchev–Trinajstić information content (AvgIpc) is 2.49. The van der Waals surface area contributed by atoms with E-state index in [1.807, 2.05) is 0 Å². The minimum absolute atomic E-state index is 0.0557. The standard InChI is InChI=1S/C11H9ClO2/c12-8-3-1-7(2-4-8)11-9(13)5-6-10(11)14/h1-6,9,11,13H/t9-,11?/m0/s1. The van der Waals surface area contributed by atoms with E-state index in [-0.39, 0.29) is 5.78 Å². The van der Waals surface area contributed by atoms with Crippen LogP contribution in [0.4, 0.5) is 0 Å². The Bertz CT molecular complexity index is 381. The Kier molecular flexibility index (Phi) is 2.40. The number of aliphatic hydroxyl groups excluding tert-OH is 1. The van der Waals surface area contributed by atoms with Crippen LogP contribution in [-0.2, 0) is 4.79 Å². The number of rotatable bonds is 1. The number of hydrogen-bond donors (Lipinski definition) is 1. The first kappa shape index (κ1) is 9.44. The van der Waals surface area contributed by atoms with Gasteiger partial charge < -0.3 is 5.11 Å². The Morgan fingerprint density at radius 3 is 2.36 bits per heavy atom. The molecule has 72 valence electrons. The largest absolute Gasteiger partial charge is 0.388 e. The summed E-state index contributed by atoms with van der Waals surface area (Å²) in [4.78, 5) is 11.4. The van der Waals surface area contributed by atoms with Crippen molar-refractivity contribution in [2.45, 2.75) is 12.0 Å². The second-order valence-corrected chi connectivity index (χ2v) is 3.72. The van der Waals surface area contributed by atoms with E-state index in [0.29, 0.717) is 5.02 Å². The molecule has 1 N–H and O–H groups in total. The summed E-state index contributed by atoms with van der Waals surface area (Å²) in [5.74, 6) is -0.507. The molecule has 14 heavy (non-hydrogen) atoms. The van der Waals surface area contributed by atoms with Crippen LogP contribution in [0.5, 0.6) is 0 Å². The second-order valence-electron chi connectivity index (χ2n) is 3.28. The van der Waals surface area contributed by atoms with Gasteiger partial charge in [-0.1, -0.05) is 29.8 Å². The van der Waals surface area contributed by atoms with Gasteiger partial charge in [0.05, 0.1) is 12.0 Å². The first-order valence-electron chi connectivity index (χ1n) is 4.34. The van der Waals surface area contributed by atoms with Crippen LogP contribution in [-0.4, -0.2) is 17.0 Å². The topological polar surface area (TPSA) is 37.3 Å². The van der Waals surface area contributed by atoms with Gasteiger partial charge in [-0.3, -0.25) is 4.79 Å². The quantitative estimate of drug-likeness (QED) is 0.766. The molecule has 3 heteroatoms. The van der Waals surface area contributed by atoms with Crippen LogP contribution >= 0.6 is 11.6 Å². The van der Waals surface area contributed by atoms with Crippen LogP contribution in [0.3, 0.4) is 0 Å². The Hall–Kier alpha value is -1.12. The van der Waals surface area contributed by atoms with Crippen molar-refractivity contribution in [2.75, 3.05) is 0 Å². The third-order valence-electron chi connectivity index (χ3n) is 2.33. The van der Waals surface area contributed by atoms with Gasteiger partial charge in [-0.05, 0) is 23.8 Å². The highest BCUT2D eigenvalue weighted by molar-refractivity contribution is 6.30. The van der Waals surface area contributed by atoms with Gasteiger partial charge in [0, 0.05) is 5.02 Å². The van der Waals surface area contributed by atoms with Crippen molar-refractivity contribution in [2.24, 2.45) is 0 Å². The van der Waals surface area contributed by atoms with E-state index in [4.69, 9.17) is 11.6 Å². The lowest BCUT2D eigenvalue weighted by Gasteiger charge is -2.13. The summed E-state index contributed by atoms with van der Waals surface area (Å²) in [5.41, 5.74) is 0.803. The van der Waals surface area contributed by atoms with Crippen LogP contribution in [0.1, 0.15) is 11.5 Å². The molecule has 0 fully saturated rings. The number of benzene rings is 1. The number of carbonyl (C=O) groups is 1. The summed E-state index contributed by atoms with van der Waals surface area (Å²) in [6, 6.07) is 6.96. The minimum atomic E-state index is -0.705. The summed E-state index contributed by atoms with van der Waals surface area (Å²) in [5, 5.41) is 10.2. The van der Waals surface area contributed by atoms with Crippen molar-refractivity contribution in [1.29, 1.82) is 0 Å². The molecule has 1 aromatic rings. The summed E-state index contributed by atoms with van der Waals surface area (Å²) in [7, 11) is 0. The SMILES string of the molecule is O=C1C=C[C@H](O)C1c1ccc(Cl)cc1. The monoisotopic (exact) mass is 208 g/mol. The molecule has 0 spiro atoms. The van der Waals surface area contributed by atoms with Gasteiger partial charge in [-0.2, -0.15) is 0 Å². The molecule has 0 aromatic heterocycles. The fourth-order valence-electron chi connectivity index (χ4n) is 1.61. The summed E-state index contributed by atoms with van der Waals surface area (Å²) < 4.78 is 0. The molecule has 1 aliphatic carbocycles. The molecule has 2 atom stereocenters. The molecule has 0 aliphatic heterocycles. The summed E-state index contributed by atoms with van der Waals surface area (Å²) >= 11 is 5.73. The van der Waals surface area contributed by atoms with Gasteiger partial charge in [0.15, 0.2) is 5.78 Å². The molecular formula is C11H9ClO2. The highest BCUT2D eigenvalue weighted by atomic mass is 35.5. The molecule has 0 saturated carbocycles. The van der Waals surface area contributed by atoms with Gasteiger partial charge in [0.1, 0.15) is 0 Å². The van der Waals surface area contributed by atoms with Crippen LogP contribution < -0.4 is 0 Å². The number of carbonyl (C=O) groups excluding carboxylic acids is 1. The highest BCUT2D eigenvalue weighted by Gasteiger charge is 2.29. The van der Waals surface area contributed by atoms with Crippen LogP contribution in [0.2, 0.25) is 5.02 Å². The number of hydrogen-bond acceptors (Lipinski definition) is 2. The van der Waals surface area contributed by atoms with E-state index in [2.05, 4.69) is 0 Å². The Morgan fingerprint density at radius 2 is 1.86 bits per heavy atom. The number of aliphatic hydroxyl groups is 1. The van der Waals surface area contributed by atoms with E-state index >= 15 is 0 Å². The van der Waals surface area contributed by atoms with E-state index in [0.717, 1.165) is 5.56 Å². The number of halogens is 1. The van der Waals surface area contributed by atoms with E-state index in [1.165, 1.54) is 12.2 Å². The molecule has 2 nitrogen and oxygen atoms in total. The van der Waals surface area contributed by atoms with Crippen molar-refractivity contribution in [3.05, 3.63) is 47.0 Å². The fourth-order valence-corrected chi connectivity index (χ4v) is 1.73. The Balaban J connectivity index is 2.31. The lowest BCUT2D eigenvalue weighted by atomic mass is 9.94. The minimum Gasteiger partial charge on any atom is -0.388 e. The molecule has 1 aliphatic rings. The van der Waals surface area contributed by atoms with Crippen molar-refractivity contribution in [1.82, 2.24) is 0 Å². The second kappa shape index (κ2) is 3.56. The van der Waals surface area contributed by atoms with Crippen LogP contribution in [0, 0.1) is 0 Å². The van der Waals surface area contributed by atoms with Gasteiger partial charge in [-0.25, -0.2) is 0 Å². The smallest absolute Gasteiger partial charge is 0.165 e. The van der Waals surface area contributed by atoms with Gasteiger partial charge in [0.25, 0.3) is 0 Å². The average molecular weight is 209 g/mol. The Morgan fingerprint density at radius 1 is 1.21 bits per heavy atom. The van der Waals surface area contributed by atoms with Crippen molar-refractivity contribution in [3.8, 4) is 0 Å². The first-order chi connectivity index (χ1) is 6.68.